The molecule has 2 amide bonds. The smallest absolute Gasteiger partial charge is 0.227 e. The molecule has 1 aromatic rings. The maximum absolute atomic E-state index is 12.4. The summed E-state index contributed by atoms with van der Waals surface area (Å²) in [4.78, 5) is 23.7. The lowest BCUT2D eigenvalue weighted by Crippen LogP contribution is -2.29. The second-order valence-electron chi connectivity index (χ2n) is 5.94. The van der Waals surface area contributed by atoms with Gasteiger partial charge >= 0.3 is 0 Å². The molecule has 1 saturated carbocycles. The summed E-state index contributed by atoms with van der Waals surface area (Å²) in [7, 11) is 0. The zero-order valence-electron chi connectivity index (χ0n) is 12.0. The average Bonchev–Trinajstić information content (AvgIpc) is 2.96. The largest absolute Gasteiger partial charge is 0.330 e. The molecule has 0 unspecified atom stereocenters. The van der Waals surface area contributed by atoms with E-state index < -0.39 is 0 Å². The third kappa shape index (κ3) is 2.93. The lowest BCUT2D eigenvalue weighted by Gasteiger charge is -2.20. The zero-order chi connectivity index (χ0) is 14.8. The van der Waals surface area contributed by atoms with Crippen LogP contribution in [-0.2, 0) is 16.0 Å². The number of nitrogens with one attached hydrogen (secondary N) is 2. The number of benzene rings is 1. The van der Waals surface area contributed by atoms with Crippen LogP contribution in [0, 0.1) is 11.8 Å². The summed E-state index contributed by atoms with van der Waals surface area (Å²) in [6.45, 7) is 0.578. The van der Waals surface area contributed by atoms with E-state index in [1.807, 2.05) is 18.2 Å². The van der Waals surface area contributed by atoms with Gasteiger partial charge in [-0.3, -0.25) is 9.59 Å². The molecule has 4 N–H and O–H groups in total. The summed E-state index contributed by atoms with van der Waals surface area (Å²) in [5.41, 5.74) is 8.47. The Labute approximate surface area is 124 Å². The first-order valence-electron chi connectivity index (χ1n) is 7.61. The highest BCUT2D eigenvalue weighted by molar-refractivity contribution is 5.96. The van der Waals surface area contributed by atoms with E-state index in [4.69, 9.17) is 5.73 Å². The molecule has 0 spiro atoms. The molecule has 5 nitrogen and oxygen atoms in total. The van der Waals surface area contributed by atoms with Gasteiger partial charge in [0.25, 0.3) is 0 Å². The number of carbonyl (C=O) groups excluding carboxylic acids is 2. The van der Waals surface area contributed by atoms with Crippen LogP contribution >= 0.6 is 0 Å². The summed E-state index contributed by atoms with van der Waals surface area (Å²) in [5, 5.41) is 5.85. The monoisotopic (exact) mass is 287 g/mol. The van der Waals surface area contributed by atoms with Crippen molar-refractivity contribution in [1.82, 2.24) is 0 Å². The second-order valence-corrected chi connectivity index (χ2v) is 5.94. The van der Waals surface area contributed by atoms with Gasteiger partial charge in [0, 0.05) is 23.7 Å². The van der Waals surface area contributed by atoms with Gasteiger partial charge in [0.1, 0.15) is 0 Å². The van der Waals surface area contributed by atoms with Crippen LogP contribution in [0.15, 0.2) is 18.2 Å². The summed E-state index contributed by atoms with van der Waals surface area (Å²) in [5.74, 6) is 0.464. The number of amides is 2. The van der Waals surface area contributed by atoms with Gasteiger partial charge in [0.05, 0.1) is 0 Å². The summed E-state index contributed by atoms with van der Waals surface area (Å²) in [6.07, 6.45) is 4.28. The molecule has 1 aromatic carbocycles. The molecule has 1 fully saturated rings. The van der Waals surface area contributed by atoms with Gasteiger partial charge in [-0.25, -0.2) is 0 Å². The first-order chi connectivity index (χ1) is 10.2. The molecular weight excluding hydrogens is 266 g/mol. The second kappa shape index (κ2) is 5.85. The number of fused-ring (bicyclic) bond motifs is 1. The molecule has 0 saturated heterocycles. The van der Waals surface area contributed by atoms with Crippen LogP contribution in [0.1, 0.15) is 31.2 Å². The highest BCUT2D eigenvalue weighted by Gasteiger charge is 2.32. The van der Waals surface area contributed by atoms with Crippen molar-refractivity contribution in [2.24, 2.45) is 17.6 Å². The Kier molecular flexibility index (Phi) is 3.92. The number of aryl methyl sites for hydroxylation is 1. The average molecular weight is 287 g/mol. The SMILES string of the molecule is NC[C@H]1CCC[C@H]1C(=O)Nc1ccc2c(c1)CCC(=O)N2. The molecule has 0 bridgehead atoms. The first kappa shape index (κ1) is 14.1. The van der Waals surface area contributed by atoms with Crippen LogP contribution in [-0.4, -0.2) is 18.4 Å². The molecule has 2 aliphatic rings. The Morgan fingerprint density at radius 1 is 1.33 bits per heavy atom. The maximum Gasteiger partial charge on any atom is 0.227 e. The van der Waals surface area contributed by atoms with Gasteiger partial charge in [-0.15, -0.1) is 0 Å². The molecule has 0 radical (unpaired) electrons. The molecule has 5 heteroatoms. The van der Waals surface area contributed by atoms with Gasteiger partial charge in [0.2, 0.25) is 11.8 Å². The van der Waals surface area contributed by atoms with E-state index in [0.717, 1.165) is 42.6 Å². The van der Waals surface area contributed by atoms with Gasteiger partial charge < -0.3 is 16.4 Å². The van der Waals surface area contributed by atoms with Crippen molar-refractivity contribution >= 4 is 23.2 Å². The molecular formula is C16H21N3O2. The normalized spacial score (nSPS) is 24.3. The van der Waals surface area contributed by atoms with Crippen molar-refractivity contribution in [1.29, 1.82) is 0 Å². The van der Waals surface area contributed by atoms with Crippen molar-refractivity contribution in [2.75, 3.05) is 17.2 Å². The number of anilines is 2. The van der Waals surface area contributed by atoms with Gasteiger partial charge in [-0.05, 0) is 55.5 Å². The fraction of sp³-hybridized carbons (Fsp3) is 0.500. The minimum absolute atomic E-state index is 0.0331. The Hall–Kier alpha value is -1.88. The third-order valence-electron chi connectivity index (χ3n) is 4.57. The summed E-state index contributed by atoms with van der Waals surface area (Å²) < 4.78 is 0. The molecule has 2 atom stereocenters. The Bertz CT molecular complexity index is 571. The predicted molar refractivity (Wildman–Crippen MR) is 81.9 cm³/mol. The Morgan fingerprint density at radius 3 is 3.00 bits per heavy atom. The van der Waals surface area contributed by atoms with Crippen LogP contribution in [0.4, 0.5) is 11.4 Å². The lowest BCUT2D eigenvalue weighted by molar-refractivity contribution is -0.120. The standard InChI is InChI=1S/C16H21N3O2/c17-9-11-2-1-3-13(11)16(21)18-12-5-6-14-10(8-12)4-7-15(20)19-14/h5-6,8,11,13H,1-4,7,9,17H2,(H,18,21)(H,19,20)/t11-,13-/m1/s1. The molecule has 21 heavy (non-hydrogen) atoms. The van der Waals surface area contributed by atoms with Crippen LogP contribution in [0.5, 0.6) is 0 Å². The quantitative estimate of drug-likeness (QED) is 0.793. The van der Waals surface area contributed by atoms with E-state index in [2.05, 4.69) is 10.6 Å². The van der Waals surface area contributed by atoms with E-state index in [-0.39, 0.29) is 17.7 Å². The summed E-state index contributed by atoms with van der Waals surface area (Å²) in [6, 6.07) is 5.66. The molecule has 0 aromatic heterocycles. The number of hydrogen-bond acceptors (Lipinski definition) is 3. The molecule has 112 valence electrons. The number of rotatable bonds is 3. The number of nitrogens with two attached hydrogens (primary N) is 1. The first-order valence-corrected chi connectivity index (χ1v) is 7.61. The van der Waals surface area contributed by atoms with Crippen molar-refractivity contribution in [3.05, 3.63) is 23.8 Å². The Morgan fingerprint density at radius 2 is 2.19 bits per heavy atom. The highest BCUT2D eigenvalue weighted by Crippen LogP contribution is 2.32. The summed E-state index contributed by atoms with van der Waals surface area (Å²) >= 11 is 0. The number of hydrogen-bond donors (Lipinski definition) is 3. The van der Waals surface area contributed by atoms with E-state index in [1.165, 1.54) is 0 Å². The predicted octanol–water partition coefficient (Wildman–Crippen LogP) is 1.88. The maximum atomic E-state index is 12.4. The highest BCUT2D eigenvalue weighted by atomic mass is 16.2. The number of carbonyl (C=O) groups is 2. The molecule has 3 rings (SSSR count). The van der Waals surface area contributed by atoms with Crippen LogP contribution in [0.3, 0.4) is 0 Å². The van der Waals surface area contributed by atoms with E-state index in [9.17, 15) is 9.59 Å². The van der Waals surface area contributed by atoms with Crippen LogP contribution < -0.4 is 16.4 Å². The van der Waals surface area contributed by atoms with Crippen LogP contribution in [0.2, 0.25) is 0 Å². The molecule has 1 heterocycles. The van der Waals surface area contributed by atoms with Crippen molar-refractivity contribution in [2.45, 2.75) is 32.1 Å². The van der Waals surface area contributed by atoms with Gasteiger partial charge in [-0.1, -0.05) is 6.42 Å². The minimum atomic E-state index is 0.0331. The van der Waals surface area contributed by atoms with Crippen molar-refractivity contribution in [3.8, 4) is 0 Å². The van der Waals surface area contributed by atoms with Crippen LogP contribution in [0.25, 0.3) is 0 Å². The van der Waals surface area contributed by atoms with E-state index in [1.54, 1.807) is 0 Å². The fourth-order valence-electron chi connectivity index (χ4n) is 3.36. The topological polar surface area (TPSA) is 84.2 Å². The zero-order valence-corrected chi connectivity index (χ0v) is 12.0. The molecule has 1 aliphatic heterocycles. The van der Waals surface area contributed by atoms with Crippen molar-refractivity contribution < 1.29 is 9.59 Å². The van der Waals surface area contributed by atoms with Gasteiger partial charge in [-0.2, -0.15) is 0 Å². The molecule has 1 aliphatic carbocycles. The lowest BCUT2D eigenvalue weighted by atomic mass is 9.95. The third-order valence-corrected chi connectivity index (χ3v) is 4.57. The Balaban J connectivity index is 1.70. The minimum Gasteiger partial charge on any atom is -0.330 e. The van der Waals surface area contributed by atoms with E-state index >= 15 is 0 Å². The van der Waals surface area contributed by atoms with E-state index in [0.29, 0.717) is 18.9 Å². The van der Waals surface area contributed by atoms with Crippen molar-refractivity contribution in [3.63, 3.8) is 0 Å². The fourth-order valence-corrected chi connectivity index (χ4v) is 3.36. The van der Waals surface area contributed by atoms with Gasteiger partial charge in [0.15, 0.2) is 0 Å².